The van der Waals surface area contributed by atoms with Crippen LogP contribution in [-0.2, 0) is 13.2 Å². The van der Waals surface area contributed by atoms with Gasteiger partial charge in [0.25, 0.3) is 5.91 Å². The van der Waals surface area contributed by atoms with Crippen LogP contribution in [0, 0.1) is 13.8 Å². The maximum absolute atomic E-state index is 12.7. The summed E-state index contributed by atoms with van der Waals surface area (Å²) in [5, 5.41) is 8.64. The molecule has 1 aromatic heterocycles. The van der Waals surface area contributed by atoms with E-state index in [9.17, 15) is 4.79 Å². The fourth-order valence-electron chi connectivity index (χ4n) is 3.55. The van der Waals surface area contributed by atoms with Crippen molar-refractivity contribution < 1.29 is 9.53 Å². The first kappa shape index (κ1) is 23.4. The lowest BCUT2D eigenvalue weighted by Gasteiger charge is -2.09. The number of para-hydroxylation sites is 1. The Balaban J connectivity index is 1.39. The largest absolute Gasteiger partial charge is 0.488 e. The summed E-state index contributed by atoms with van der Waals surface area (Å²) in [6.07, 6.45) is 1.59. The van der Waals surface area contributed by atoms with E-state index in [-0.39, 0.29) is 5.91 Å². The Morgan fingerprint density at radius 1 is 1.03 bits per heavy atom. The van der Waals surface area contributed by atoms with E-state index >= 15 is 0 Å². The molecule has 1 N–H and O–H groups in total. The Bertz CT molecular complexity index is 1330. The molecule has 1 amide bonds. The molecule has 0 fully saturated rings. The van der Waals surface area contributed by atoms with Gasteiger partial charge in [0.1, 0.15) is 12.4 Å². The number of amides is 1. The number of nitrogens with one attached hydrogen (secondary N) is 1. The van der Waals surface area contributed by atoms with Crippen LogP contribution in [-0.4, -0.2) is 21.9 Å². The highest BCUT2D eigenvalue weighted by Gasteiger charge is 2.08. The smallest absolute Gasteiger partial charge is 0.271 e. The van der Waals surface area contributed by atoms with Gasteiger partial charge in [0.05, 0.1) is 18.5 Å². The summed E-state index contributed by atoms with van der Waals surface area (Å²) in [6.45, 7) is 5.02. The second-order valence-electron chi connectivity index (χ2n) is 7.94. The summed E-state index contributed by atoms with van der Waals surface area (Å²) in [5.74, 6) is 0.409. The molecular weight excluding hydrogens is 492 g/mol. The van der Waals surface area contributed by atoms with Crippen molar-refractivity contribution in [3.63, 3.8) is 0 Å². The molecule has 0 unspecified atom stereocenters. The Morgan fingerprint density at radius 3 is 2.62 bits per heavy atom. The van der Waals surface area contributed by atoms with Crippen molar-refractivity contribution in [1.82, 2.24) is 15.2 Å². The predicted molar refractivity (Wildman–Crippen MR) is 137 cm³/mol. The summed E-state index contributed by atoms with van der Waals surface area (Å²) in [4.78, 5) is 12.7. The number of hydrazone groups is 1. The van der Waals surface area contributed by atoms with E-state index in [0.717, 1.165) is 32.6 Å². The highest BCUT2D eigenvalue weighted by atomic mass is 79.9. The molecule has 0 atom stereocenters. The number of ether oxygens (including phenoxy) is 1. The molecule has 4 rings (SSSR count). The van der Waals surface area contributed by atoms with Gasteiger partial charge >= 0.3 is 0 Å². The molecular formula is C27H25BrN4O2. The summed E-state index contributed by atoms with van der Waals surface area (Å²) in [5.41, 5.74) is 8.02. The van der Waals surface area contributed by atoms with E-state index in [1.807, 2.05) is 91.3 Å². The second-order valence-corrected chi connectivity index (χ2v) is 8.86. The molecule has 172 valence electrons. The third kappa shape index (κ3) is 6.20. The number of rotatable bonds is 8. The van der Waals surface area contributed by atoms with Crippen LogP contribution in [0.2, 0.25) is 0 Å². The number of nitrogens with zero attached hydrogens (tertiary/aromatic N) is 3. The average molecular weight is 517 g/mol. The van der Waals surface area contributed by atoms with Crippen molar-refractivity contribution in [2.45, 2.75) is 27.0 Å². The van der Waals surface area contributed by atoms with E-state index in [0.29, 0.717) is 24.5 Å². The number of benzene rings is 3. The van der Waals surface area contributed by atoms with Gasteiger partial charge in [-0.25, -0.2) is 5.43 Å². The van der Waals surface area contributed by atoms with Gasteiger partial charge in [-0.15, -0.1) is 0 Å². The van der Waals surface area contributed by atoms with Gasteiger partial charge < -0.3 is 4.74 Å². The molecule has 4 aromatic rings. The SMILES string of the molecule is Cc1cc(C)n(Cc2cccc(C(=O)N/N=C\c3ccccc3OCc3cccc(Br)c3)c2)n1. The molecule has 0 aliphatic carbocycles. The molecule has 0 bridgehead atoms. The van der Waals surface area contributed by atoms with Gasteiger partial charge in [-0.2, -0.15) is 10.2 Å². The third-order valence-electron chi connectivity index (χ3n) is 5.20. The summed E-state index contributed by atoms with van der Waals surface area (Å²) >= 11 is 3.47. The summed E-state index contributed by atoms with van der Waals surface area (Å²) in [7, 11) is 0. The number of carbonyl (C=O) groups excluding carboxylic acids is 1. The highest BCUT2D eigenvalue weighted by molar-refractivity contribution is 9.10. The summed E-state index contributed by atoms with van der Waals surface area (Å²) < 4.78 is 8.90. The predicted octanol–water partition coefficient (Wildman–Crippen LogP) is 5.65. The molecule has 0 radical (unpaired) electrons. The lowest BCUT2D eigenvalue weighted by molar-refractivity contribution is 0.0955. The van der Waals surface area contributed by atoms with E-state index in [1.54, 1.807) is 12.3 Å². The molecule has 0 saturated heterocycles. The third-order valence-corrected chi connectivity index (χ3v) is 5.69. The number of hydrogen-bond acceptors (Lipinski definition) is 4. The van der Waals surface area contributed by atoms with Crippen LogP contribution in [0.25, 0.3) is 0 Å². The van der Waals surface area contributed by atoms with E-state index < -0.39 is 0 Å². The zero-order chi connectivity index (χ0) is 23.9. The zero-order valence-electron chi connectivity index (χ0n) is 19.0. The molecule has 7 heteroatoms. The minimum Gasteiger partial charge on any atom is -0.488 e. The standard InChI is InChI=1S/C27H25BrN4O2/c1-19-13-20(2)32(31-19)17-21-7-5-10-23(14-21)27(33)30-29-16-24-9-3-4-12-26(24)34-18-22-8-6-11-25(28)15-22/h3-16H,17-18H2,1-2H3,(H,30,33)/b29-16-. The average Bonchev–Trinajstić information content (AvgIpc) is 3.14. The van der Waals surface area contributed by atoms with Crippen molar-refractivity contribution in [2.75, 3.05) is 0 Å². The highest BCUT2D eigenvalue weighted by Crippen LogP contribution is 2.19. The quantitative estimate of drug-likeness (QED) is 0.243. The lowest BCUT2D eigenvalue weighted by Crippen LogP contribution is -2.18. The fraction of sp³-hybridized carbons (Fsp3) is 0.148. The Morgan fingerprint density at radius 2 is 1.82 bits per heavy atom. The molecule has 0 aliphatic heterocycles. The minimum atomic E-state index is -0.279. The van der Waals surface area contributed by atoms with Gasteiger partial charge in [0, 0.05) is 21.3 Å². The maximum atomic E-state index is 12.7. The van der Waals surface area contributed by atoms with Gasteiger partial charge in [0.2, 0.25) is 0 Å². The van der Waals surface area contributed by atoms with Crippen LogP contribution in [0.5, 0.6) is 5.75 Å². The zero-order valence-corrected chi connectivity index (χ0v) is 20.6. The normalized spacial score (nSPS) is 11.0. The number of aromatic nitrogens is 2. The first-order valence-electron chi connectivity index (χ1n) is 10.9. The number of carbonyl (C=O) groups is 1. The van der Waals surface area contributed by atoms with E-state index in [2.05, 4.69) is 31.6 Å². The van der Waals surface area contributed by atoms with Gasteiger partial charge in [0.15, 0.2) is 0 Å². The number of halogens is 1. The first-order chi connectivity index (χ1) is 16.5. The Kier molecular flexibility index (Phi) is 7.54. The van der Waals surface area contributed by atoms with Crippen molar-refractivity contribution in [3.8, 4) is 5.75 Å². The van der Waals surface area contributed by atoms with E-state index in [4.69, 9.17) is 4.74 Å². The van der Waals surface area contributed by atoms with Gasteiger partial charge in [-0.1, -0.05) is 52.3 Å². The minimum absolute atomic E-state index is 0.279. The van der Waals surface area contributed by atoms with Crippen LogP contribution < -0.4 is 10.2 Å². The molecule has 0 aliphatic rings. The molecule has 0 saturated carbocycles. The maximum Gasteiger partial charge on any atom is 0.271 e. The van der Waals surface area contributed by atoms with Crippen LogP contribution in [0.1, 0.15) is 38.4 Å². The van der Waals surface area contributed by atoms with Crippen molar-refractivity contribution in [1.29, 1.82) is 0 Å². The molecule has 6 nitrogen and oxygen atoms in total. The topological polar surface area (TPSA) is 68.5 Å². The number of aryl methyl sites for hydroxylation is 2. The monoisotopic (exact) mass is 516 g/mol. The van der Waals surface area contributed by atoms with Crippen LogP contribution in [0.4, 0.5) is 0 Å². The van der Waals surface area contributed by atoms with Crippen molar-refractivity contribution in [3.05, 3.63) is 117 Å². The van der Waals surface area contributed by atoms with Crippen molar-refractivity contribution in [2.24, 2.45) is 5.10 Å². The number of hydrogen-bond donors (Lipinski definition) is 1. The van der Waals surface area contributed by atoms with Crippen LogP contribution in [0.15, 0.2) is 88.4 Å². The molecule has 34 heavy (non-hydrogen) atoms. The second kappa shape index (κ2) is 10.9. The molecule has 1 heterocycles. The lowest BCUT2D eigenvalue weighted by atomic mass is 10.1. The van der Waals surface area contributed by atoms with Crippen LogP contribution in [0.3, 0.4) is 0 Å². The Hall–Kier alpha value is -3.71. The molecule has 0 spiro atoms. The fourth-order valence-corrected chi connectivity index (χ4v) is 4.00. The van der Waals surface area contributed by atoms with E-state index in [1.165, 1.54) is 0 Å². The summed E-state index contributed by atoms with van der Waals surface area (Å²) in [6, 6.07) is 25.0. The Labute approximate surface area is 207 Å². The molecule has 3 aromatic carbocycles. The van der Waals surface area contributed by atoms with Gasteiger partial charge in [-0.3, -0.25) is 9.48 Å². The van der Waals surface area contributed by atoms with Gasteiger partial charge in [-0.05, 0) is 67.4 Å². The van der Waals surface area contributed by atoms with Crippen molar-refractivity contribution >= 4 is 28.1 Å². The first-order valence-corrected chi connectivity index (χ1v) is 11.7. The van der Waals surface area contributed by atoms with Crippen LogP contribution >= 0.6 is 15.9 Å².